The predicted molar refractivity (Wildman–Crippen MR) is 184 cm³/mol. The first-order chi connectivity index (χ1) is 21.7. The highest BCUT2D eigenvalue weighted by molar-refractivity contribution is 6.32. The van der Waals surface area contributed by atoms with Crippen molar-refractivity contribution in [2.75, 3.05) is 13.6 Å². The number of rotatable bonds is 13. The van der Waals surface area contributed by atoms with Crippen molar-refractivity contribution in [1.29, 1.82) is 0 Å². The molecular weight excluding hydrogens is 625 g/mol. The monoisotopic (exact) mass is 667 g/mol. The van der Waals surface area contributed by atoms with Crippen molar-refractivity contribution in [3.8, 4) is 33.6 Å². The van der Waals surface area contributed by atoms with Gasteiger partial charge in [-0.25, -0.2) is 14.8 Å². The minimum absolute atomic E-state index is 0.146. The van der Waals surface area contributed by atoms with E-state index in [0.717, 1.165) is 33.8 Å². The number of nitrogens with zero attached hydrogens (tertiary/aromatic N) is 4. The van der Waals surface area contributed by atoms with Crippen molar-refractivity contribution in [3.05, 3.63) is 70.5 Å². The van der Waals surface area contributed by atoms with Crippen LogP contribution in [0.1, 0.15) is 53.2 Å². The first-order valence-electron chi connectivity index (χ1n) is 15.4. The maximum Gasteiger partial charge on any atom is 0.405 e. The maximum atomic E-state index is 12.8. The van der Waals surface area contributed by atoms with Crippen molar-refractivity contribution >= 4 is 35.2 Å². The van der Waals surface area contributed by atoms with Crippen LogP contribution in [0.3, 0.4) is 0 Å². The van der Waals surface area contributed by atoms with Crippen LogP contribution in [-0.4, -0.2) is 72.5 Å². The van der Waals surface area contributed by atoms with Crippen molar-refractivity contribution in [2.24, 2.45) is 11.8 Å². The molecule has 0 radical (unpaired) electrons. The molecule has 0 fully saturated rings. The van der Waals surface area contributed by atoms with E-state index >= 15 is 0 Å². The van der Waals surface area contributed by atoms with E-state index < -0.39 is 6.09 Å². The molecule has 246 valence electrons. The second kappa shape index (κ2) is 15.2. The van der Waals surface area contributed by atoms with E-state index in [9.17, 15) is 9.59 Å². The topological polar surface area (TPSA) is 130 Å². The summed E-state index contributed by atoms with van der Waals surface area (Å²) in [5.74, 6) is 1.69. The second-order valence-electron chi connectivity index (χ2n) is 12.4. The number of hydrogen-bond donors (Lipinski definition) is 4. The summed E-state index contributed by atoms with van der Waals surface area (Å²) in [5, 5.41) is 12.0. The van der Waals surface area contributed by atoms with Crippen LogP contribution < -0.4 is 5.32 Å². The number of nitrogens with one attached hydrogen (secondary N) is 3. The zero-order valence-electron chi connectivity index (χ0n) is 27.4. The number of carbonyl (C=O) groups excluding carboxylic acids is 1. The molecule has 0 saturated heterocycles. The Hall–Kier alpha value is -3.86. The molecule has 2 heterocycles. The summed E-state index contributed by atoms with van der Waals surface area (Å²) in [5.41, 5.74) is 5.12. The van der Waals surface area contributed by atoms with Crippen molar-refractivity contribution < 1.29 is 14.7 Å². The van der Waals surface area contributed by atoms with E-state index in [4.69, 9.17) is 33.3 Å². The second-order valence-corrected chi connectivity index (χ2v) is 13.2. The Morgan fingerprint density at radius 2 is 1.15 bits per heavy atom. The molecule has 0 saturated carbocycles. The lowest BCUT2D eigenvalue weighted by atomic mass is 10.0. The molecule has 4 aromatic rings. The molecule has 0 spiro atoms. The number of imidazole rings is 2. The van der Waals surface area contributed by atoms with Gasteiger partial charge < -0.3 is 25.3 Å². The number of carbonyl (C=O) groups is 2. The third-order valence-electron chi connectivity index (χ3n) is 8.61. The third kappa shape index (κ3) is 8.48. The van der Waals surface area contributed by atoms with Crippen LogP contribution in [0.5, 0.6) is 0 Å². The van der Waals surface area contributed by atoms with Gasteiger partial charge in [-0.2, -0.15) is 0 Å². The number of aromatic amines is 2. The molecule has 10 nitrogen and oxygen atoms in total. The number of hydrogen-bond acceptors (Lipinski definition) is 5. The molecule has 12 heteroatoms. The van der Waals surface area contributed by atoms with E-state index in [1.807, 2.05) is 69.3 Å². The van der Waals surface area contributed by atoms with E-state index in [2.05, 4.69) is 53.0 Å². The van der Waals surface area contributed by atoms with Crippen LogP contribution in [0.15, 0.2) is 48.5 Å². The van der Waals surface area contributed by atoms with Gasteiger partial charge in [0.25, 0.3) is 0 Å². The minimum atomic E-state index is -1.25. The summed E-state index contributed by atoms with van der Waals surface area (Å²) in [4.78, 5) is 43.4. The molecule has 0 aliphatic heterocycles. The first kappa shape index (κ1) is 35.0. The van der Waals surface area contributed by atoms with Crippen molar-refractivity contribution in [2.45, 2.75) is 66.7 Å². The molecule has 4 N–H and O–H groups in total. The molecule has 4 rings (SSSR count). The van der Waals surface area contributed by atoms with Gasteiger partial charge >= 0.3 is 6.09 Å². The van der Waals surface area contributed by atoms with E-state index in [-0.39, 0.29) is 31.0 Å². The fourth-order valence-corrected chi connectivity index (χ4v) is 5.61. The number of halogens is 2. The lowest BCUT2D eigenvalue weighted by molar-refractivity contribution is -0.133. The lowest BCUT2D eigenvalue weighted by Gasteiger charge is -2.31. The first-order valence-corrected chi connectivity index (χ1v) is 16.2. The molecule has 46 heavy (non-hydrogen) atoms. The number of benzene rings is 2. The number of aromatic nitrogens is 4. The molecule has 0 aliphatic carbocycles. The number of carboxylic acid groups (broad SMARTS) is 1. The number of H-pyrrole nitrogens is 2. The largest absolute Gasteiger partial charge is 0.465 e. The molecule has 0 bridgehead atoms. The van der Waals surface area contributed by atoms with E-state index in [1.54, 1.807) is 4.90 Å². The average Bonchev–Trinajstić information content (AvgIpc) is 3.58. The fourth-order valence-electron chi connectivity index (χ4n) is 5.09. The van der Waals surface area contributed by atoms with Crippen LogP contribution >= 0.6 is 23.2 Å². The fraction of sp³-hybridized carbons (Fsp3) is 0.412. The maximum absolute atomic E-state index is 12.8. The van der Waals surface area contributed by atoms with Gasteiger partial charge in [0.15, 0.2) is 0 Å². The van der Waals surface area contributed by atoms with Crippen LogP contribution in [0.2, 0.25) is 10.3 Å². The predicted octanol–water partition coefficient (Wildman–Crippen LogP) is 7.56. The Morgan fingerprint density at radius 1 is 0.739 bits per heavy atom. The highest BCUT2D eigenvalue weighted by Crippen LogP contribution is 2.31. The van der Waals surface area contributed by atoms with Crippen molar-refractivity contribution in [3.63, 3.8) is 0 Å². The lowest BCUT2D eigenvalue weighted by Crippen LogP contribution is -2.46. The van der Waals surface area contributed by atoms with Gasteiger partial charge in [-0.05, 0) is 43.9 Å². The highest BCUT2D eigenvalue weighted by Gasteiger charge is 2.25. The Labute approximate surface area is 280 Å². The molecule has 0 aliphatic rings. The van der Waals surface area contributed by atoms with Gasteiger partial charge in [-0.15, -0.1) is 0 Å². The van der Waals surface area contributed by atoms with E-state index in [1.165, 1.54) is 0 Å². The molecular formula is C34H43Cl2N7O3. The summed E-state index contributed by atoms with van der Waals surface area (Å²) in [7, 11) is 2.09. The van der Waals surface area contributed by atoms with E-state index in [0.29, 0.717) is 40.3 Å². The Kier molecular flexibility index (Phi) is 11.5. The number of amides is 2. The van der Waals surface area contributed by atoms with Gasteiger partial charge in [0.05, 0.1) is 13.1 Å². The quantitative estimate of drug-likeness (QED) is 0.116. The summed E-state index contributed by atoms with van der Waals surface area (Å²) >= 11 is 13.1. The third-order valence-corrected chi connectivity index (χ3v) is 9.16. The minimum Gasteiger partial charge on any atom is -0.465 e. The highest BCUT2D eigenvalue weighted by atomic mass is 35.5. The molecule has 2 atom stereocenters. The zero-order chi connectivity index (χ0) is 33.7. The summed E-state index contributed by atoms with van der Waals surface area (Å²) in [6, 6.07) is 16.3. The Morgan fingerprint density at radius 3 is 1.57 bits per heavy atom. The van der Waals surface area contributed by atoms with Crippen LogP contribution in [0, 0.1) is 11.8 Å². The zero-order valence-corrected chi connectivity index (χ0v) is 28.9. The van der Waals surface area contributed by atoms with Crippen LogP contribution in [0.4, 0.5) is 4.79 Å². The standard InChI is InChI=1S/C34H43Cl2N7O3/c1-19(2)21(5)42(7)17-27-38-30(32(35)40-27)25-12-8-23(9-13-25)24-10-14-26(15-11-24)31-33(36)41-28(39-31)18-43(22(6)20(3)4)29(44)16-37-34(45)46/h8-15,19-22,37H,16-18H2,1-7H3,(H,38,40)(H,39,41)(H,45,46)/t21-,22?/m1/s1. The molecule has 2 aromatic heterocycles. The van der Waals surface area contributed by atoms with Gasteiger partial charge in [-0.1, -0.05) is 99.4 Å². The summed E-state index contributed by atoms with van der Waals surface area (Å²) in [6.45, 7) is 13.1. The molecule has 1 unspecified atom stereocenters. The van der Waals surface area contributed by atoms with Gasteiger partial charge in [0.1, 0.15) is 39.9 Å². The summed E-state index contributed by atoms with van der Waals surface area (Å²) < 4.78 is 0. The molecule has 2 aromatic carbocycles. The molecule has 2 amide bonds. The SMILES string of the molecule is CC(C)C(C)N(Cc1nc(-c2ccc(-c3ccc(-c4nc(CN(C)[C@H](C)C(C)C)[nH]c4Cl)cc3)cc2)c(Cl)[nH]1)C(=O)CNC(=O)O. The average molecular weight is 669 g/mol. The van der Waals surface area contributed by atoms with Crippen molar-refractivity contribution in [1.82, 2.24) is 35.1 Å². The van der Waals surface area contributed by atoms with Crippen LogP contribution in [0.25, 0.3) is 33.6 Å². The van der Waals surface area contributed by atoms with Gasteiger partial charge in [-0.3, -0.25) is 9.69 Å². The Balaban J connectivity index is 1.47. The Bertz CT molecular complexity index is 1630. The van der Waals surface area contributed by atoms with Crippen LogP contribution in [-0.2, 0) is 17.9 Å². The summed E-state index contributed by atoms with van der Waals surface area (Å²) in [6.07, 6.45) is -1.25. The normalized spacial score (nSPS) is 13.0. The van der Waals surface area contributed by atoms with Gasteiger partial charge in [0.2, 0.25) is 5.91 Å². The van der Waals surface area contributed by atoms with Gasteiger partial charge in [0, 0.05) is 23.2 Å². The smallest absolute Gasteiger partial charge is 0.405 e.